The van der Waals surface area contributed by atoms with Gasteiger partial charge in [0.25, 0.3) is 10.0 Å². The number of thiophene rings is 1. The molecule has 18 heavy (non-hydrogen) atoms. The van der Waals surface area contributed by atoms with Crippen LogP contribution in [0.2, 0.25) is 0 Å². The van der Waals surface area contributed by atoms with Gasteiger partial charge >= 0.3 is 5.97 Å². The van der Waals surface area contributed by atoms with E-state index in [1.54, 1.807) is 0 Å². The highest BCUT2D eigenvalue weighted by Gasteiger charge is 2.39. The fourth-order valence-electron chi connectivity index (χ4n) is 2.04. The molecule has 7 heteroatoms. The van der Waals surface area contributed by atoms with E-state index in [1.807, 2.05) is 6.92 Å². The normalized spacial score (nSPS) is 18.3. The molecule has 0 bridgehead atoms. The summed E-state index contributed by atoms with van der Waals surface area (Å²) in [4.78, 5) is 10.7. The number of rotatable bonds is 5. The van der Waals surface area contributed by atoms with Crippen LogP contribution in [0.5, 0.6) is 0 Å². The van der Waals surface area contributed by atoms with Gasteiger partial charge in [-0.05, 0) is 31.7 Å². The van der Waals surface area contributed by atoms with Crippen molar-refractivity contribution in [2.24, 2.45) is 0 Å². The minimum atomic E-state index is -3.60. The lowest BCUT2D eigenvalue weighted by Gasteiger charge is -2.41. The molecule has 2 N–H and O–H groups in total. The van der Waals surface area contributed by atoms with Crippen LogP contribution in [0.3, 0.4) is 0 Å². The third-order valence-corrected chi connectivity index (χ3v) is 6.44. The van der Waals surface area contributed by atoms with Crippen molar-refractivity contribution in [2.45, 2.75) is 42.4 Å². The Morgan fingerprint density at radius 1 is 1.56 bits per heavy atom. The van der Waals surface area contributed by atoms with Gasteiger partial charge in [0.05, 0.1) is 5.56 Å². The number of carboxylic acids is 1. The molecular formula is C11H15NO4S2. The molecule has 1 aromatic rings. The Bertz CT molecular complexity index is 552. The standard InChI is InChI=1S/C11H15NO4S2/c1-2-11(4-3-5-11)12-18(15,16)9-6-8(7-17-9)10(13)14/h6-7,12H,2-5H2,1H3,(H,13,14). The molecule has 0 spiro atoms. The molecule has 100 valence electrons. The fourth-order valence-corrected chi connectivity index (χ4v) is 4.72. The van der Waals surface area contributed by atoms with Gasteiger partial charge in [-0.3, -0.25) is 0 Å². The molecule has 1 fully saturated rings. The lowest BCUT2D eigenvalue weighted by molar-refractivity contribution is 0.0697. The quantitative estimate of drug-likeness (QED) is 0.869. The molecule has 0 amide bonds. The van der Waals surface area contributed by atoms with Gasteiger partial charge in [-0.25, -0.2) is 17.9 Å². The van der Waals surface area contributed by atoms with E-state index in [1.165, 1.54) is 11.4 Å². The van der Waals surface area contributed by atoms with Gasteiger partial charge in [-0.15, -0.1) is 11.3 Å². The van der Waals surface area contributed by atoms with E-state index in [2.05, 4.69) is 4.72 Å². The molecule has 0 saturated heterocycles. The van der Waals surface area contributed by atoms with E-state index in [9.17, 15) is 13.2 Å². The first kappa shape index (κ1) is 13.5. The Labute approximate surface area is 110 Å². The third kappa shape index (κ3) is 2.43. The van der Waals surface area contributed by atoms with E-state index in [0.717, 1.165) is 37.0 Å². The zero-order chi connectivity index (χ0) is 13.4. The van der Waals surface area contributed by atoms with Crippen LogP contribution in [-0.2, 0) is 10.0 Å². The summed E-state index contributed by atoms with van der Waals surface area (Å²) in [6, 6.07) is 1.21. The summed E-state index contributed by atoms with van der Waals surface area (Å²) in [5.74, 6) is -1.11. The molecule has 5 nitrogen and oxygen atoms in total. The predicted molar refractivity (Wildman–Crippen MR) is 68.5 cm³/mol. The molecular weight excluding hydrogens is 274 g/mol. The van der Waals surface area contributed by atoms with Gasteiger partial charge in [0, 0.05) is 10.9 Å². The lowest BCUT2D eigenvalue weighted by atomic mass is 9.76. The average Bonchev–Trinajstić information content (AvgIpc) is 2.73. The summed E-state index contributed by atoms with van der Waals surface area (Å²) in [5, 5.41) is 10.1. The third-order valence-electron chi connectivity index (χ3n) is 3.43. The number of carboxylic acid groups (broad SMARTS) is 1. The van der Waals surface area contributed by atoms with E-state index in [0.29, 0.717) is 0 Å². The Morgan fingerprint density at radius 2 is 2.22 bits per heavy atom. The molecule has 0 atom stereocenters. The smallest absolute Gasteiger partial charge is 0.336 e. The van der Waals surface area contributed by atoms with Gasteiger partial charge < -0.3 is 5.11 Å². The van der Waals surface area contributed by atoms with Crippen LogP contribution in [0, 0.1) is 0 Å². The molecule has 1 saturated carbocycles. The van der Waals surface area contributed by atoms with Crippen LogP contribution in [0.4, 0.5) is 0 Å². The highest BCUT2D eigenvalue weighted by molar-refractivity contribution is 7.91. The maximum Gasteiger partial charge on any atom is 0.336 e. The van der Waals surface area contributed by atoms with Gasteiger partial charge in [0.15, 0.2) is 0 Å². The van der Waals surface area contributed by atoms with Gasteiger partial charge in [0.2, 0.25) is 0 Å². The SMILES string of the molecule is CCC1(NS(=O)(=O)c2cc(C(=O)O)cs2)CCC1. The van der Waals surface area contributed by atoms with Crippen molar-refractivity contribution in [2.75, 3.05) is 0 Å². The molecule has 2 rings (SSSR count). The Kier molecular flexibility index (Phi) is 3.48. The first-order valence-corrected chi connectivity index (χ1v) is 8.11. The van der Waals surface area contributed by atoms with Crippen molar-refractivity contribution in [1.82, 2.24) is 4.72 Å². The van der Waals surface area contributed by atoms with Crippen molar-refractivity contribution in [3.05, 3.63) is 17.0 Å². The van der Waals surface area contributed by atoms with Gasteiger partial charge in [-0.1, -0.05) is 6.92 Å². The summed E-state index contributed by atoms with van der Waals surface area (Å²) in [6.45, 7) is 1.96. The summed E-state index contributed by atoms with van der Waals surface area (Å²) in [6.07, 6.45) is 3.48. The number of nitrogens with one attached hydrogen (secondary N) is 1. The molecule has 1 aromatic heterocycles. The van der Waals surface area contributed by atoms with Crippen molar-refractivity contribution < 1.29 is 18.3 Å². The van der Waals surface area contributed by atoms with Gasteiger partial charge in [-0.2, -0.15) is 0 Å². The van der Waals surface area contributed by atoms with E-state index in [4.69, 9.17) is 5.11 Å². The molecule has 1 aliphatic carbocycles. The molecule has 0 radical (unpaired) electrons. The summed E-state index contributed by atoms with van der Waals surface area (Å²) < 4.78 is 27.1. The number of aromatic carboxylic acids is 1. The molecule has 1 heterocycles. The van der Waals surface area contributed by atoms with Crippen LogP contribution in [0.25, 0.3) is 0 Å². The van der Waals surface area contributed by atoms with Crippen LogP contribution < -0.4 is 4.72 Å². The van der Waals surface area contributed by atoms with Crippen LogP contribution >= 0.6 is 11.3 Å². The molecule has 1 aliphatic rings. The fraction of sp³-hybridized carbons (Fsp3) is 0.545. The van der Waals surface area contributed by atoms with Crippen molar-refractivity contribution in [1.29, 1.82) is 0 Å². The Hall–Kier alpha value is -0.920. The summed E-state index contributed by atoms with van der Waals surface area (Å²) in [5.41, 5.74) is -0.314. The number of sulfonamides is 1. The summed E-state index contributed by atoms with van der Waals surface area (Å²) >= 11 is 0.939. The zero-order valence-electron chi connectivity index (χ0n) is 9.97. The average molecular weight is 289 g/mol. The van der Waals surface area contributed by atoms with Crippen molar-refractivity contribution in [3.63, 3.8) is 0 Å². The molecule has 0 aromatic carbocycles. The van der Waals surface area contributed by atoms with E-state index < -0.39 is 16.0 Å². The zero-order valence-corrected chi connectivity index (χ0v) is 11.6. The van der Waals surface area contributed by atoms with E-state index in [-0.39, 0.29) is 15.3 Å². The highest BCUT2D eigenvalue weighted by atomic mass is 32.2. The first-order chi connectivity index (χ1) is 8.38. The topological polar surface area (TPSA) is 83.5 Å². The maximum atomic E-state index is 12.1. The molecule has 0 unspecified atom stereocenters. The lowest BCUT2D eigenvalue weighted by Crippen LogP contribution is -2.52. The number of hydrogen-bond acceptors (Lipinski definition) is 4. The number of carbonyl (C=O) groups is 1. The Morgan fingerprint density at radius 3 is 2.61 bits per heavy atom. The maximum absolute atomic E-state index is 12.1. The number of hydrogen-bond donors (Lipinski definition) is 2. The van der Waals surface area contributed by atoms with Crippen molar-refractivity contribution >= 4 is 27.3 Å². The van der Waals surface area contributed by atoms with Crippen LogP contribution in [-0.4, -0.2) is 25.0 Å². The first-order valence-electron chi connectivity index (χ1n) is 5.74. The summed E-state index contributed by atoms with van der Waals surface area (Å²) in [7, 11) is -3.60. The minimum absolute atomic E-state index is 0.0135. The van der Waals surface area contributed by atoms with Gasteiger partial charge in [0.1, 0.15) is 4.21 Å². The molecule has 0 aliphatic heterocycles. The second kappa shape index (κ2) is 4.64. The minimum Gasteiger partial charge on any atom is -0.478 e. The monoisotopic (exact) mass is 289 g/mol. The van der Waals surface area contributed by atoms with E-state index >= 15 is 0 Å². The van der Waals surface area contributed by atoms with Crippen molar-refractivity contribution in [3.8, 4) is 0 Å². The Balaban J connectivity index is 2.22. The highest BCUT2D eigenvalue weighted by Crippen LogP contribution is 2.36. The predicted octanol–water partition coefficient (Wildman–Crippen LogP) is 2.06. The van der Waals surface area contributed by atoms with Crippen LogP contribution in [0.15, 0.2) is 15.7 Å². The second-order valence-corrected chi connectivity index (χ2v) is 7.37. The second-order valence-electron chi connectivity index (χ2n) is 4.55. The largest absolute Gasteiger partial charge is 0.478 e. The van der Waals surface area contributed by atoms with Crippen LogP contribution in [0.1, 0.15) is 43.0 Å².